The minimum absolute atomic E-state index is 0.392. The number of anilines is 1. The number of carbonyl (C=O) groups excluding carboxylic acids is 1. The van der Waals surface area contributed by atoms with Crippen LogP contribution in [0.5, 0.6) is 0 Å². The lowest BCUT2D eigenvalue weighted by Gasteiger charge is -2.10. The smallest absolute Gasteiger partial charge is 0.235 e. The van der Waals surface area contributed by atoms with E-state index in [2.05, 4.69) is 22.1 Å². The molecule has 0 fully saturated rings. The van der Waals surface area contributed by atoms with Crippen LogP contribution in [0.4, 0.5) is 5.13 Å². The molecule has 0 saturated carbocycles. The Morgan fingerprint density at radius 2 is 2.20 bits per heavy atom. The summed E-state index contributed by atoms with van der Waals surface area (Å²) >= 11 is 2.70. The zero-order chi connectivity index (χ0) is 14.4. The minimum Gasteiger partial charge on any atom is -0.368 e. The average Bonchev–Trinajstić information content (AvgIpc) is 2.91. The van der Waals surface area contributed by atoms with Gasteiger partial charge in [0.2, 0.25) is 11.0 Å². The van der Waals surface area contributed by atoms with E-state index in [0.717, 1.165) is 5.56 Å². The van der Waals surface area contributed by atoms with E-state index >= 15 is 0 Å². The van der Waals surface area contributed by atoms with Gasteiger partial charge in [0.1, 0.15) is 5.25 Å². The maximum absolute atomic E-state index is 11.6. The zero-order valence-electron chi connectivity index (χ0n) is 10.7. The predicted molar refractivity (Wildman–Crippen MR) is 82.8 cm³/mol. The highest BCUT2D eigenvalue weighted by Gasteiger charge is 2.21. The third-order valence-corrected chi connectivity index (χ3v) is 4.62. The number of hydrogen-bond acceptors (Lipinski definition) is 6. The molecule has 5 nitrogen and oxygen atoms in total. The fourth-order valence-electron chi connectivity index (χ4n) is 1.51. The molecule has 2 rings (SSSR count). The third-order valence-electron chi connectivity index (χ3n) is 2.38. The quantitative estimate of drug-likeness (QED) is 0.606. The van der Waals surface area contributed by atoms with E-state index in [-0.39, 0.29) is 0 Å². The Morgan fingerprint density at radius 3 is 2.85 bits per heavy atom. The molecule has 20 heavy (non-hydrogen) atoms. The van der Waals surface area contributed by atoms with Crippen LogP contribution >= 0.6 is 23.1 Å². The number of carbonyl (C=O) groups is 1. The van der Waals surface area contributed by atoms with E-state index in [1.165, 1.54) is 23.1 Å². The number of benzene rings is 1. The number of hydrogen-bond donors (Lipinski definition) is 2. The Bertz CT molecular complexity index is 585. The number of nitrogens with one attached hydrogen (secondary N) is 1. The minimum atomic E-state index is -0.462. The fourth-order valence-corrected chi connectivity index (χ4v) is 3.41. The average molecular weight is 306 g/mol. The SMILES string of the molecule is C=CCNc1nnc(SC(C(N)=O)c2ccccc2)s1. The molecule has 1 amide bonds. The number of nitrogens with zero attached hydrogens (tertiary/aromatic N) is 2. The van der Waals surface area contributed by atoms with Crippen LogP contribution in [-0.4, -0.2) is 22.6 Å². The van der Waals surface area contributed by atoms with Crippen LogP contribution in [0.15, 0.2) is 47.3 Å². The van der Waals surface area contributed by atoms with Gasteiger partial charge in [-0.15, -0.1) is 16.8 Å². The lowest BCUT2D eigenvalue weighted by molar-refractivity contribution is -0.117. The first kappa shape index (κ1) is 14.5. The van der Waals surface area contributed by atoms with E-state index in [0.29, 0.717) is 16.0 Å². The van der Waals surface area contributed by atoms with Gasteiger partial charge in [0.15, 0.2) is 4.34 Å². The van der Waals surface area contributed by atoms with Gasteiger partial charge < -0.3 is 11.1 Å². The van der Waals surface area contributed by atoms with E-state index in [9.17, 15) is 4.79 Å². The highest BCUT2D eigenvalue weighted by atomic mass is 32.2. The van der Waals surface area contributed by atoms with Crippen LogP contribution in [-0.2, 0) is 4.79 Å². The lowest BCUT2D eigenvalue weighted by atomic mass is 10.1. The van der Waals surface area contributed by atoms with Gasteiger partial charge in [-0.05, 0) is 5.56 Å². The fraction of sp³-hybridized carbons (Fsp3) is 0.154. The van der Waals surface area contributed by atoms with Gasteiger partial charge in [-0.1, -0.05) is 59.5 Å². The van der Waals surface area contributed by atoms with E-state index in [1.54, 1.807) is 6.08 Å². The van der Waals surface area contributed by atoms with Gasteiger partial charge in [0.25, 0.3) is 0 Å². The van der Waals surface area contributed by atoms with Crippen molar-refractivity contribution in [2.75, 3.05) is 11.9 Å². The van der Waals surface area contributed by atoms with Gasteiger partial charge in [0.05, 0.1) is 0 Å². The van der Waals surface area contributed by atoms with Crippen molar-refractivity contribution >= 4 is 34.1 Å². The second-order valence-electron chi connectivity index (χ2n) is 3.85. The Hall–Kier alpha value is -1.86. The van der Waals surface area contributed by atoms with E-state index in [4.69, 9.17) is 5.73 Å². The number of aromatic nitrogens is 2. The van der Waals surface area contributed by atoms with Crippen molar-refractivity contribution in [2.24, 2.45) is 5.73 Å². The summed E-state index contributed by atoms with van der Waals surface area (Å²) in [6.07, 6.45) is 1.74. The molecule has 7 heteroatoms. The van der Waals surface area contributed by atoms with Gasteiger partial charge in [-0.2, -0.15) is 0 Å². The van der Waals surface area contributed by atoms with Gasteiger partial charge in [-0.25, -0.2) is 0 Å². The number of primary amides is 1. The van der Waals surface area contributed by atoms with Crippen LogP contribution in [0.3, 0.4) is 0 Å². The predicted octanol–water partition coefficient (Wildman–Crippen LogP) is 2.45. The van der Waals surface area contributed by atoms with Gasteiger partial charge >= 0.3 is 0 Å². The van der Waals surface area contributed by atoms with Crippen LogP contribution in [0.2, 0.25) is 0 Å². The first-order valence-corrected chi connectivity index (χ1v) is 7.59. The Balaban J connectivity index is 2.11. The topological polar surface area (TPSA) is 80.9 Å². The summed E-state index contributed by atoms with van der Waals surface area (Å²) in [6, 6.07) is 9.40. The molecule has 0 spiro atoms. The molecular weight excluding hydrogens is 292 g/mol. The lowest BCUT2D eigenvalue weighted by Crippen LogP contribution is -2.18. The summed E-state index contributed by atoms with van der Waals surface area (Å²) in [5.41, 5.74) is 6.33. The van der Waals surface area contributed by atoms with Crippen LogP contribution in [0.25, 0.3) is 0 Å². The van der Waals surface area contributed by atoms with Crippen molar-refractivity contribution in [3.05, 3.63) is 48.6 Å². The first-order valence-electron chi connectivity index (χ1n) is 5.90. The molecule has 2 aromatic rings. The molecule has 1 aromatic heterocycles. The maximum Gasteiger partial charge on any atom is 0.235 e. The summed E-state index contributed by atoms with van der Waals surface area (Å²) in [6.45, 7) is 4.24. The Labute approximate surface area is 125 Å². The van der Waals surface area contributed by atoms with Crippen molar-refractivity contribution in [3.63, 3.8) is 0 Å². The molecular formula is C13H14N4OS2. The van der Waals surface area contributed by atoms with Crippen molar-refractivity contribution in [1.29, 1.82) is 0 Å². The number of nitrogens with two attached hydrogens (primary N) is 1. The Morgan fingerprint density at radius 1 is 1.45 bits per heavy atom. The second-order valence-corrected chi connectivity index (χ2v) is 6.18. The highest BCUT2D eigenvalue weighted by Crippen LogP contribution is 2.37. The summed E-state index contributed by atoms with van der Waals surface area (Å²) in [5, 5.41) is 11.3. The molecule has 1 aromatic carbocycles. The molecule has 0 radical (unpaired) electrons. The molecule has 0 aliphatic heterocycles. The molecule has 3 N–H and O–H groups in total. The standard InChI is InChI=1S/C13H14N4OS2/c1-2-8-15-12-16-17-13(20-12)19-10(11(14)18)9-6-4-3-5-7-9/h2-7,10H,1,8H2,(H2,14,18)(H,15,16). The third kappa shape index (κ3) is 3.82. The monoisotopic (exact) mass is 306 g/mol. The zero-order valence-corrected chi connectivity index (χ0v) is 12.3. The molecule has 0 aliphatic rings. The van der Waals surface area contributed by atoms with E-state index in [1.807, 2.05) is 30.3 Å². The van der Waals surface area contributed by atoms with Crippen LogP contribution in [0, 0.1) is 0 Å². The molecule has 0 aliphatic carbocycles. The largest absolute Gasteiger partial charge is 0.368 e. The molecule has 0 saturated heterocycles. The molecule has 0 bridgehead atoms. The van der Waals surface area contributed by atoms with Crippen LogP contribution in [0.1, 0.15) is 10.8 Å². The molecule has 1 atom stereocenters. The van der Waals surface area contributed by atoms with Gasteiger partial charge in [-0.3, -0.25) is 4.79 Å². The summed E-state index contributed by atoms with van der Waals surface area (Å²) in [4.78, 5) is 11.6. The summed E-state index contributed by atoms with van der Waals surface area (Å²) in [5.74, 6) is -0.392. The van der Waals surface area contributed by atoms with Crippen molar-refractivity contribution in [1.82, 2.24) is 10.2 Å². The maximum atomic E-state index is 11.6. The van der Waals surface area contributed by atoms with Crippen molar-refractivity contribution in [3.8, 4) is 0 Å². The molecule has 1 unspecified atom stereocenters. The summed E-state index contributed by atoms with van der Waals surface area (Å²) in [7, 11) is 0. The second kappa shape index (κ2) is 7.06. The molecule has 1 heterocycles. The molecule has 104 valence electrons. The number of amides is 1. The van der Waals surface area contributed by atoms with Crippen molar-refractivity contribution in [2.45, 2.75) is 9.59 Å². The number of thioether (sulfide) groups is 1. The number of rotatable bonds is 7. The highest BCUT2D eigenvalue weighted by molar-refractivity contribution is 8.01. The van der Waals surface area contributed by atoms with Gasteiger partial charge in [0, 0.05) is 6.54 Å². The Kier molecular flexibility index (Phi) is 5.14. The summed E-state index contributed by atoms with van der Waals surface area (Å²) < 4.78 is 0.698. The van der Waals surface area contributed by atoms with E-state index < -0.39 is 11.2 Å². The van der Waals surface area contributed by atoms with Crippen molar-refractivity contribution < 1.29 is 4.79 Å². The van der Waals surface area contributed by atoms with Crippen LogP contribution < -0.4 is 11.1 Å². The first-order chi connectivity index (χ1) is 9.70. The normalized spacial score (nSPS) is 11.8.